The van der Waals surface area contributed by atoms with Gasteiger partial charge in [0.2, 0.25) is 0 Å². The van der Waals surface area contributed by atoms with E-state index in [2.05, 4.69) is 49.9 Å². The zero-order valence-electron chi connectivity index (χ0n) is 15.3. The maximum Gasteiger partial charge on any atom is 0.417 e. The molecule has 1 saturated carbocycles. The zero-order valence-corrected chi connectivity index (χ0v) is 15.3. The van der Waals surface area contributed by atoms with Gasteiger partial charge in [0.15, 0.2) is 5.60 Å². The highest BCUT2D eigenvalue weighted by molar-refractivity contribution is 5.50. The third kappa shape index (κ3) is 3.53. The average Bonchev–Trinajstić information content (AvgIpc) is 2.93. The molecule has 0 unspecified atom stereocenters. The minimum atomic E-state index is -4.52. The van der Waals surface area contributed by atoms with Gasteiger partial charge in [-0.15, -0.1) is 0 Å². The highest BCUT2D eigenvalue weighted by atomic mass is 19.4. The maximum atomic E-state index is 13.0. The number of hydrogen-bond acceptors (Lipinski definition) is 2. The van der Waals surface area contributed by atoms with Gasteiger partial charge < -0.3 is 10.0 Å². The van der Waals surface area contributed by atoms with Crippen molar-refractivity contribution in [1.82, 2.24) is 0 Å². The van der Waals surface area contributed by atoms with Crippen LogP contribution in [-0.4, -0.2) is 30.0 Å². The summed E-state index contributed by atoms with van der Waals surface area (Å²) >= 11 is 0. The van der Waals surface area contributed by atoms with Gasteiger partial charge in [-0.05, 0) is 60.6 Å². The van der Waals surface area contributed by atoms with Gasteiger partial charge in [0, 0.05) is 18.8 Å². The van der Waals surface area contributed by atoms with Crippen molar-refractivity contribution in [2.24, 2.45) is 5.41 Å². The van der Waals surface area contributed by atoms with E-state index in [0.717, 1.165) is 25.2 Å². The first-order valence-corrected chi connectivity index (χ1v) is 9.09. The molecule has 2 fully saturated rings. The number of anilines is 1. The summed E-state index contributed by atoms with van der Waals surface area (Å²) in [5.41, 5.74) is -0.0456. The average molecular weight is 355 g/mol. The number of benzene rings is 1. The molecule has 1 aliphatic heterocycles. The van der Waals surface area contributed by atoms with Crippen LogP contribution in [0, 0.1) is 5.41 Å². The van der Waals surface area contributed by atoms with E-state index in [1.54, 1.807) is 0 Å². The number of rotatable bonds is 1. The topological polar surface area (TPSA) is 23.5 Å². The normalized spacial score (nSPS) is 30.9. The van der Waals surface area contributed by atoms with Crippen molar-refractivity contribution in [2.75, 3.05) is 18.0 Å². The number of nitrogens with zero attached hydrogens (tertiary/aromatic N) is 1. The molecule has 3 rings (SSSR count). The van der Waals surface area contributed by atoms with E-state index in [1.165, 1.54) is 5.56 Å². The summed E-state index contributed by atoms with van der Waals surface area (Å²) in [5.74, 6) is 0. The predicted octanol–water partition coefficient (Wildman–Crippen LogP) is 5.05. The molecule has 0 aromatic heterocycles. The third-order valence-corrected chi connectivity index (χ3v) is 6.20. The third-order valence-electron chi connectivity index (χ3n) is 6.20. The highest BCUT2D eigenvalue weighted by Gasteiger charge is 2.57. The van der Waals surface area contributed by atoms with Crippen LogP contribution in [0.3, 0.4) is 0 Å². The largest absolute Gasteiger partial charge is 0.417 e. The molecule has 0 bridgehead atoms. The van der Waals surface area contributed by atoms with Gasteiger partial charge >= 0.3 is 6.18 Å². The lowest BCUT2D eigenvalue weighted by Crippen LogP contribution is -2.50. The van der Waals surface area contributed by atoms with E-state index in [1.807, 2.05) is 0 Å². The Morgan fingerprint density at radius 2 is 1.48 bits per heavy atom. The van der Waals surface area contributed by atoms with E-state index in [9.17, 15) is 18.3 Å². The summed E-state index contributed by atoms with van der Waals surface area (Å²) in [4.78, 5) is 2.28. The number of halogens is 3. The van der Waals surface area contributed by atoms with E-state index in [0.29, 0.717) is 12.8 Å². The second-order valence-corrected chi connectivity index (χ2v) is 9.00. The highest BCUT2D eigenvalue weighted by Crippen LogP contribution is 2.51. The van der Waals surface area contributed by atoms with Gasteiger partial charge in [0.1, 0.15) is 0 Å². The Bertz CT molecular complexity index is 607. The lowest BCUT2D eigenvalue weighted by molar-refractivity contribution is -0.275. The summed E-state index contributed by atoms with van der Waals surface area (Å²) in [7, 11) is 0. The molecule has 1 aromatic rings. The van der Waals surface area contributed by atoms with Crippen LogP contribution in [0.2, 0.25) is 0 Å². The van der Waals surface area contributed by atoms with E-state index in [4.69, 9.17) is 0 Å². The van der Waals surface area contributed by atoms with Crippen molar-refractivity contribution < 1.29 is 18.3 Å². The molecular formula is C20H28F3NO. The fourth-order valence-corrected chi connectivity index (χ4v) is 4.21. The van der Waals surface area contributed by atoms with Crippen molar-refractivity contribution in [2.45, 2.75) is 70.1 Å². The number of aliphatic hydroxyl groups is 1. The Morgan fingerprint density at radius 3 is 1.96 bits per heavy atom. The van der Waals surface area contributed by atoms with E-state index >= 15 is 0 Å². The molecule has 0 atom stereocenters. The van der Waals surface area contributed by atoms with E-state index in [-0.39, 0.29) is 23.7 Å². The Balaban J connectivity index is 1.67. The number of alkyl halides is 3. The summed E-state index contributed by atoms with van der Waals surface area (Å²) in [5, 5.41) is 9.90. The molecule has 2 aliphatic rings. The van der Waals surface area contributed by atoms with Crippen molar-refractivity contribution in [3.63, 3.8) is 0 Å². The van der Waals surface area contributed by atoms with Crippen molar-refractivity contribution in [3.8, 4) is 0 Å². The second kappa shape index (κ2) is 5.90. The fraction of sp³-hybridized carbons (Fsp3) is 0.700. The number of hydrogen-bond donors (Lipinski definition) is 1. The fourth-order valence-electron chi connectivity index (χ4n) is 4.21. The van der Waals surface area contributed by atoms with Crippen molar-refractivity contribution in [3.05, 3.63) is 29.8 Å². The van der Waals surface area contributed by atoms with Crippen molar-refractivity contribution in [1.29, 1.82) is 0 Å². The molecule has 2 nitrogen and oxygen atoms in total. The first kappa shape index (κ1) is 18.6. The molecule has 1 aromatic carbocycles. The molecule has 25 heavy (non-hydrogen) atoms. The first-order valence-electron chi connectivity index (χ1n) is 9.09. The van der Waals surface area contributed by atoms with Crippen LogP contribution in [0.5, 0.6) is 0 Å². The van der Waals surface area contributed by atoms with Crippen LogP contribution in [0.4, 0.5) is 18.9 Å². The van der Waals surface area contributed by atoms with Gasteiger partial charge in [0.05, 0.1) is 0 Å². The Morgan fingerprint density at radius 1 is 0.920 bits per heavy atom. The molecule has 0 amide bonds. The van der Waals surface area contributed by atoms with Crippen LogP contribution in [-0.2, 0) is 5.41 Å². The standard InChI is InChI=1S/C20H28F3NO/c1-17(2,3)15-4-6-16(7-5-15)24-13-12-18(14-24)8-10-19(25,11-9-18)20(21,22)23/h4-7,25H,8-14H2,1-3H3/t18-,19+. The van der Waals surface area contributed by atoms with Crippen LogP contribution in [0.25, 0.3) is 0 Å². The van der Waals surface area contributed by atoms with Gasteiger partial charge in [-0.2, -0.15) is 13.2 Å². The molecule has 5 heteroatoms. The molecule has 1 saturated heterocycles. The van der Waals surface area contributed by atoms with Crippen LogP contribution >= 0.6 is 0 Å². The smallest absolute Gasteiger partial charge is 0.380 e. The Hall–Kier alpha value is -1.23. The molecule has 1 aliphatic carbocycles. The minimum Gasteiger partial charge on any atom is -0.380 e. The Kier molecular flexibility index (Phi) is 4.38. The van der Waals surface area contributed by atoms with Gasteiger partial charge in [-0.3, -0.25) is 0 Å². The SMILES string of the molecule is CC(C)(C)c1ccc(N2CC[C@]3(CC[C@@](O)(C(F)(F)F)CC3)C2)cc1. The lowest BCUT2D eigenvalue weighted by atomic mass is 9.68. The van der Waals surface area contributed by atoms with Crippen LogP contribution in [0.1, 0.15) is 58.4 Å². The lowest BCUT2D eigenvalue weighted by Gasteiger charge is -2.42. The zero-order chi connectivity index (χ0) is 18.5. The van der Waals surface area contributed by atoms with Crippen LogP contribution in [0.15, 0.2) is 24.3 Å². The van der Waals surface area contributed by atoms with Gasteiger partial charge in [-0.25, -0.2) is 0 Å². The second-order valence-electron chi connectivity index (χ2n) is 9.00. The monoisotopic (exact) mass is 355 g/mol. The molecular weight excluding hydrogens is 327 g/mol. The first-order chi connectivity index (χ1) is 11.4. The summed E-state index contributed by atoms with van der Waals surface area (Å²) in [6.45, 7) is 8.19. The summed E-state index contributed by atoms with van der Waals surface area (Å²) in [6, 6.07) is 8.52. The minimum absolute atomic E-state index is 0.0832. The summed E-state index contributed by atoms with van der Waals surface area (Å²) in [6.07, 6.45) is -3.07. The predicted molar refractivity (Wildman–Crippen MR) is 93.9 cm³/mol. The molecule has 1 heterocycles. The molecule has 140 valence electrons. The van der Waals surface area contributed by atoms with Gasteiger partial charge in [-0.1, -0.05) is 32.9 Å². The molecule has 1 N–H and O–H groups in total. The quantitative estimate of drug-likeness (QED) is 0.762. The van der Waals surface area contributed by atoms with E-state index < -0.39 is 11.8 Å². The van der Waals surface area contributed by atoms with Gasteiger partial charge in [0.25, 0.3) is 0 Å². The maximum absolute atomic E-state index is 13.0. The summed E-state index contributed by atoms with van der Waals surface area (Å²) < 4.78 is 39.0. The molecule has 0 radical (unpaired) electrons. The van der Waals surface area contributed by atoms with Crippen molar-refractivity contribution >= 4 is 5.69 Å². The Labute approximate surface area is 148 Å². The van der Waals surface area contributed by atoms with Crippen LogP contribution < -0.4 is 4.90 Å². The molecule has 1 spiro atoms.